The molecule has 4 atom stereocenters. The average Bonchev–Trinajstić information content (AvgIpc) is 3.56. The van der Waals surface area contributed by atoms with Crippen molar-refractivity contribution in [3.63, 3.8) is 0 Å². The van der Waals surface area contributed by atoms with Gasteiger partial charge in [0.2, 0.25) is 12.7 Å². The Bertz CT molecular complexity index is 1350. The van der Waals surface area contributed by atoms with Crippen LogP contribution in [0.4, 0.5) is 0 Å². The summed E-state index contributed by atoms with van der Waals surface area (Å²) in [5.74, 6) is -0.281. The van der Waals surface area contributed by atoms with Crippen molar-refractivity contribution in [2.45, 2.75) is 38.8 Å². The highest BCUT2D eigenvalue weighted by Gasteiger charge is 2.48. The number of benzene rings is 3. The molecule has 8 nitrogen and oxygen atoms in total. The number of carbonyl (C=O) groups is 2. The van der Waals surface area contributed by atoms with Crippen LogP contribution >= 0.6 is 0 Å². The molecule has 8 heteroatoms. The lowest BCUT2D eigenvalue weighted by molar-refractivity contribution is -0.143. The number of carboxylic acids is 1. The number of hydrogen-bond donors (Lipinski definition) is 2. The minimum Gasteiger partial charge on any atom is -0.497 e. The van der Waals surface area contributed by atoms with Gasteiger partial charge in [-0.25, -0.2) is 0 Å². The molecule has 2 aliphatic rings. The smallest absolute Gasteiger partial charge is 0.309 e. The van der Waals surface area contributed by atoms with Gasteiger partial charge in [-0.1, -0.05) is 69.3 Å². The van der Waals surface area contributed by atoms with Gasteiger partial charge in [0.1, 0.15) is 5.75 Å². The first-order valence-electron chi connectivity index (χ1n) is 13.5. The number of rotatable bonds is 8. The van der Waals surface area contributed by atoms with Crippen molar-refractivity contribution < 1.29 is 28.9 Å². The van der Waals surface area contributed by atoms with Crippen LogP contribution in [0.2, 0.25) is 0 Å². The van der Waals surface area contributed by atoms with E-state index in [1.807, 2.05) is 77.7 Å². The predicted octanol–water partition coefficient (Wildman–Crippen LogP) is 5.17. The molecule has 210 valence electrons. The zero-order valence-corrected chi connectivity index (χ0v) is 23.3. The summed E-state index contributed by atoms with van der Waals surface area (Å²) in [4.78, 5) is 28.4. The van der Waals surface area contributed by atoms with Crippen LogP contribution in [-0.2, 0) is 9.59 Å². The third-order valence-electron chi connectivity index (χ3n) is 7.82. The van der Waals surface area contributed by atoms with Gasteiger partial charge in [-0.2, -0.15) is 0 Å². The van der Waals surface area contributed by atoms with Gasteiger partial charge in [-0.05, 0) is 46.4 Å². The van der Waals surface area contributed by atoms with Gasteiger partial charge in [0.25, 0.3) is 0 Å². The maximum absolute atomic E-state index is 13.6. The minimum atomic E-state index is -0.914. The Kier molecular flexibility index (Phi) is 7.72. The number of hydrogen-bond acceptors (Lipinski definition) is 6. The summed E-state index contributed by atoms with van der Waals surface area (Å²) in [5, 5.41) is 13.8. The fourth-order valence-corrected chi connectivity index (χ4v) is 5.91. The lowest BCUT2D eigenvalue weighted by Crippen LogP contribution is -2.43. The summed E-state index contributed by atoms with van der Waals surface area (Å²) in [5.41, 5.74) is 2.46. The standard InChI is InChI=1S/C32H36N2O6/c1-32(2,3)30(21-8-6-5-7-9-21)33-27(35)18-34-17-24(22-12-15-25-26(16-22)40-19-39-25)28(31(36)37)29(34)20-10-13-23(38-4)14-11-20/h5-16,24,28-30H,17-19H2,1-4H3,(H,33,35)(H,36,37)/t24-,28-,29+,30?/m0/s1. The number of nitrogens with one attached hydrogen (secondary N) is 1. The average molecular weight is 545 g/mol. The number of nitrogens with zero attached hydrogens (tertiary/aromatic N) is 1. The molecule has 5 rings (SSSR count). The molecule has 1 unspecified atom stereocenters. The molecule has 0 radical (unpaired) electrons. The van der Waals surface area contributed by atoms with Gasteiger partial charge in [-0.15, -0.1) is 0 Å². The number of carbonyl (C=O) groups excluding carboxylic acids is 1. The minimum absolute atomic E-state index is 0.0565. The summed E-state index contributed by atoms with van der Waals surface area (Å²) < 4.78 is 16.4. The van der Waals surface area contributed by atoms with E-state index in [2.05, 4.69) is 26.1 Å². The van der Waals surface area contributed by atoms with Gasteiger partial charge >= 0.3 is 5.97 Å². The van der Waals surface area contributed by atoms with Gasteiger partial charge < -0.3 is 24.6 Å². The second kappa shape index (κ2) is 11.2. The van der Waals surface area contributed by atoms with Crippen LogP contribution < -0.4 is 19.5 Å². The van der Waals surface area contributed by atoms with Gasteiger partial charge in [0.15, 0.2) is 11.5 Å². The van der Waals surface area contributed by atoms with E-state index in [0.717, 1.165) is 16.7 Å². The van der Waals surface area contributed by atoms with Crippen molar-refractivity contribution in [2.75, 3.05) is 27.0 Å². The van der Waals surface area contributed by atoms with E-state index in [1.54, 1.807) is 7.11 Å². The number of likely N-dealkylation sites (tertiary alicyclic amines) is 1. The Balaban J connectivity index is 1.47. The first kappa shape index (κ1) is 27.5. The van der Waals surface area contributed by atoms with E-state index < -0.39 is 17.9 Å². The zero-order valence-electron chi connectivity index (χ0n) is 23.3. The summed E-state index contributed by atoms with van der Waals surface area (Å²) in [6.07, 6.45) is 0. The van der Waals surface area contributed by atoms with Gasteiger partial charge in [0.05, 0.1) is 25.6 Å². The lowest BCUT2D eigenvalue weighted by Gasteiger charge is -2.33. The third-order valence-corrected chi connectivity index (χ3v) is 7.82. The summed E-state index contributed by atoms with van der Waals surface area (Å²) in [6.45, 7) is 6.88. The number of fused-ring (bicyclic) bond motifs is 1. The fourth-order valence-electron chi connectivity index (χ4n) is 5.91. The normalized spacial score (nSPS) is 21.1. The molecule has 0 spiro atoms. The van der Waals surface area contributed by atoms with Crippen molar-refractivity contribution in [1.82, 2.24) is 10.2 Å². The van der Waals surface area contributed by atoms with E-state index in [0.29, 0.717) is 23.8 Å². The molecular formula is C32H36N2O6. The van der Waals surface area contributed by atoms with E-state index in [1.165, 1.54) is 0 Å². The van der Waals surface area contributed by atoms with Crippen molar-refractivity contribution in [1.29, 1.82) is 0 Å². The van der Waals surface area contributed by atoms with E-state index in [9.17, 15) is 14.7 Å². The largest absolute Gasteiger partial charge is 0.497 e. The maximum atomic E-state index is 13.6. The number of methoxy groups -OCH3 is 1. The fraction of sp³-hybridized carbons (Fsp3) is 0.375. The molecule has 2 N–H and O–H groups in total. The van der Waals surface area contributed by atoms with Gasteiger partial charge in [-0.3, -0.25) is 14.5 Å². The number of aliphatic carboxylic acids is 1. The van der Waals surface area contributed by atoms with E-state index in [-0.39, 0.29) is 36.6 Å². The summed E-state index contributed by atoms with van der Waals surface area (Å²) in [6, 6.07) is 22.2. The first-order chi connectivity index (χ1) is 19.2. The highest BCUT2D eigenvalue weighted by molar-refractivity contribution is 5.79. The van der Waals surface area contributed by atoms with Crippen LogP contribution in [0.1, 0.15) is 55.5 Å². The number of carboxylic acid groups (broad SMARTS) is 1. The Morgan fingerprint density at radius 3 is 2.33 bits per heavy atom. The highest BCUT2D eigenvalue weighted by atomic mass is 16.7. The number of ether oxygens (including phenoxy) is 3. The Morgan fingerprint density at radius 1 is 1.00 bits per heavy atom. The van der Waals surface area contributed by atoms with E-state index in [4.69, 9.17) is 14.2 Å². The molecule has 0 bridgehead atoms. The highest BCUT2D eigenvalue weighted by Crippen LogP contribution is 2.48. The summed E-state index contributed by atoms with van der Waals surface area (Å²) >= 11 is 0. The summed E-state index contributed by atoms with van der Waals surface area (Å²) in [7, 11) is 1.59. The van der Waals surface area contributed by atoms with E-state index >= 15 is 0 Å². The molecule has 0 saturated carbocycles. The maximum Gasteiger partial charge on any atom is 0.309 e. The van der Waals surface area contributed by atoms with Gasteiger partial charge in [0, 0.05) is 18.5 Å². The second-order valence-corrected chi connectivity index (χ2v) is 11.5. The van der Waals surface area contributed by atoms with Crippen LogP contribution in [0, 0.1) is 11.3 Å². The molecule has 1 fully saturated rings. The van der Waals surface area contributed by atoms with Crippen LogP contribution in [-0.4, -0.2) is 48.9 Å². The quantitative estimate of drug-likeness (QED) is 0.404. The molecule has 1 saturated heterocycles. The molecule has 3 aromatic rings. The van der Waals surface area contributed by atoms with Crippen molar-refractivity contribution in [3.05, 3.63) is 89.5 Å². The topological polar surface area (TPSA) is 97.3 Å². The SMILES string of the molecule is COc1ccc([C@@H]2[C@@H](C(=O)O)[C@H](c3ccc4c(c3)OCO4)CN2CC(=O)NC(c2ccccc2)C(C)(C)C)cc1. The molecule has 2 aliphatic heterocycles. The van der Waals surface area contributed by atoms with Crippen LogP contribution in [0.5, 0.6) is 17.2 Å². The zero-order chi connectivity index (χ0) is 28.4. The second-order valence-electron chi connectivity index (χ2n) is 11.5. The Hall–Kier alpha value is -4.04. The van der Waals surface area contributed by atoms with Crippen molar-refractivity contribution >= 4 is 11.9 Å². The molecule has 1 amide bonds. The molecule has 40 heavy (non-hydrogen) atoms. The molecule has 2 heterocycles. The molecular weight excluding hydrogens is 508 g/mol. The van der Waals surface area contributed by atoms with Crippen LogP contribution in [0.25, 0.3) is 0 Å². The Labute approximate surface area is 234 Å². The molecule has 0 aromatic heterocycles. The van der Waals surface area contributed by atoms with Crippen molar-refractivity contribution in [2.24, 2.45) is 11.3 Å². The number of amides is 1. The molecule has 3 aromatic carbocycles. The first-order valence-corrected chi connectivity index (χ1v) is 13.5. The van der Waals surface area contributed by atoms with Crippen LogP contribution in [0.3, 0.4) is 0 Å². The monoisotopic (exact) mass is 544 g/mol. The Morgan fingerprint density at radius 2 is 1.68 bits per heavy atom. The molecule has 0 aliphatic carbocycles. The lowest BCUT2D eigenvalue weighted by atomic mass is 9.82. The third kappa shape index (κ3) is 5.63. The van der Waals surface area contributed by atoms with Crippen LogP contribution in [0.15, 0.2) is 72.8 Å². The predicted molar refractivity (Wildman–Crippen MR) is 151 cm³/mol. The van der Waals surface area contributed by atoms with Crippen molar-refractivity contribution in [3.8, 4) is 17.2 Å².